The maximum absolute atomic E-state index is 6.61. The molecule has 0 aliphatic carbocycles. The van der Waals surface area contributed by atoms with Crippen LogP contribution in [0.1, 0.15) is 0 Å². The van der Waals surface area contributed by atoms with Crippen LogP contribution in [0.2, 0.25) is 0 Å². The molecule has 0 spiro atoms. The first-order valence-corrected chi connectivity index (χ1v) is 16.6. The lowest BCUT2D eigenvalue weighted by atomic mass is 10.00. The summed E-state index contributed by atoms with van der Waals surface area (Å²) >= 11 is 0. The van der Waals surface area contributed by atoms with E-state index in [1.54, 1.807) is 0 Å². The molecule has 50 heavy (non-hydrogen) atoms. The van der Waals surface area contributed by atoms with Crippen LogP contribution in [0.4, 0.5) is 0 Å². The fourth-order valence-corrected chi connectivity index (χ4v) is 6.93. The summed E-state index contributed by atoms with van der Waals surface area (Å²) in [7, 11) is 0. The maximum atomic E-state index is 6.61. The molecule has 10 rings (SSSR count). The lowest BCUT2D eigenvalue weighted by Crippen LogP contribution is -2.00. The van der Waals surface area contributed by atoms with E-state index < -0.39 is 0 Å². The van der Waals surface area contributed by atoms with E-state index in [0.717, 1.165) is 82.8 Å². The van der Waals surface area contributed by atoms with Gasteiger partial charge in [-0.2, -0.15) is 0 Å². The highest BCUT2D eigenvalue weighted by Gasteiger charge is 2.19. The van der Waals surface area contributed by atoms with Crippen molar-refractivity contribution in [1.29, 1.82) is 0 Å². The van der Waals surface area contributed by atoms with Gasteiger partial charge in [-0.1, -0.05) is 133 Å². The van der Waals surface area contributed by atoms with Crippen LogP contribution in [0.5, 0.6) is 0 Å². The first kappa shape index (κ1) is 28.2. The highest BCUT2D eigenvalue weighted by atomic mass is 16.3. The Balaban J connectivity index is 1.14. The molecule has 0 bridgehead atoms. The van der Waals surface area contributed by atoms with Crippen LogP contribution in [0, 0.1) is 0 Å². The summed E-state index contributed by atoms with van der Waals surface area (Å²) in [6.07, 6.45) is 0. The zero-order valence-corrected chi connectivity index (χ0v) is 26.7. The van der Waals surface area contributed by atoms with Crippen LogP contribution < -0.4 is 0 Å². The summed E-state index contributed by atoms with van der Waals surface area (Å²) in [4.78, 5) is 15.1. The minimum absolute atomic E-state index is 0.552. The second-order valence-electron chi connectivity index (χ2n) is 12.4. The van der Waals surface area contributed by atoms with Crippen molar-refractivity contribution in [3.8, 4) is 56.4 Å². The van der Waals surface area contributed by atoms with Gasteiger partial charge in [0.2, 0.25) is 0 Å². The van der Waals surface area contributed by atoms with Crippen molar-refractivity contribution in [3.63, 3.8) is 0 Å². The van der Waals surface area contributed by atoms with Crippen molar-refractivity contribution in [2.24, 2.45) is 0 Å². The minimum Gasteiger partial charge on any atom is -0.455 e. The number of aromatic nitrogens is 3. The summed E-state index contributed by atoms with van der Waals surface area (Å²) in [5, 5.41) is 4.22. The molecule has 0 amide bonds. The number of rotatable bonds is 5. The van der Waals surface area contributed by atoms with Crippen LogP contribution in [-0.4, -0.2) is 15.0 Å². The Hall–Kier alpha value is -6.85. The largest absolute Gasteiger partial charge is 0.455 e. The molecule has 0 N–H and O–H groups in total. The molecule has 0 aliphatic rings. The van der Waals surface area contributed by atoms with E-state index in [1.807, 2.05) is 97.1 Å². The van der Waals surface area contributed by atoms with Gasteiger partial charge < -0.3 is 8.83 Å². The number of furan rings is 2. The summed E-state index contributed by atoms with van der Waals surface area (Å²) in [6.45, 7) is 0. The average Bonchev–Trinajstić information content (AvgIpc) is 3.77. The Kier molecular flexibility index (Phi) is 6.42. The molecule has 234 valence electrons. The first-order chi connectivity index (χ1) is 24.8. The fourth-order valence-electron chi connectivity index (χ4n) is 6.93. The molecule has 0 atom stereocenters. The van der Waals surface area contributed by atoms with Crippen LogP contribution in [0.3, 0.4) is 0 Å². The van der Waals surface area contributed by atoms with Crippen LogP contribution in [-0.2, 0) is 0 Å². The predicted molar refractivity (Wildman–Crippen MR) is 202 cm³/mol. The Labute approximate surface area is 287 Å². The molecule has 10 aromatic rings. The Bertz CT molecular complexity index is 2870. The van der Waals surface area contributed by atoms with Crippen molar-refractivity contribution >= 4 is 43.9 Å². The summed E-state index contributed by atoms with van der Waals surface area (Å²) in [5.74, 6) is 1.75. The third kappa shape index (κ3) is 4.67. The van der Waals surface area contributed by atoms with Crippen LogP contribution >= 0.6 is 0 Å². The summed E-state index contributed by atoms with van der Waals surface area (Å²) in [6, 6.07) is 55.7. The van der Waals surface area contributed by atoms with E-state index in [1.165, 1.54) is 0 Å². The second kappa shape index (κ2) is 11.4. The molecular weight excluding hydrogens is 615 g/mol. The molecule has 3 aromatic heterocycles. The topological polar surface area (TPSA) is 65.0 Å². The van der Waals surface area contributed by atoms with E-state index in [9.17, 15) is 0 Å². The van der Waals surface area contributed by atoms with Gasteiger partial charge in [0.25, 0.3) is 0 Å². The van der Waals surface area contributed by atoms with Gasteiger partial charge in [0, 0.05) is 38.2 Å². The molecule has 0 saturated heterocycles. The van der Waals surface area contributed by atoms with Gasteiger partial charge >= 0.3 is 0 Å². The molecule has 0 unspecified atom stereocenters. The summed E-state index contributed by atoms with van der Waals surface area (Å²) in [5.41, 5.74) is 10.2. The zero-order valence-electron chi connectivity index (χ0n) is 26.7. The smallest absolute Gasteiger partial charge is 0.167 e. The second-order valence-corrected chi connectivity index (χ2v) is 12.4. The van der Waals surface area contributed by atoms with Gasteiger partial charge in [-0.05, 0) is 47.0 Å². The predicted octanol–water partition coefficient (Wildman–Crippen LogP) is 12.0. The van der Waals surface area contributed by atoms with Crippen molar-refractivity contribution < 1.29 is 8.83 Å². The quantitative estimate of drug-likeness (QED) is 0.187. The third-order valence-corrected chi connectivity index (χ3v) is 9.35. The molecule has 7 aromatic carbocycles. The van der Waals surface area contributed by atoms with E-state index in [4.69, 9.17) is 23.8 Å². The van der Waals surface area contributed by atoms with Crippen molar-refractivity contribution in [2.45, 2.75) is 0 Å². The van der Waals surface area contributed by atoms with Gasteiger partial charge in [0.1, 0.15) is 22.3 Å². The van der Waals surface area contributed by atoms with Gasteiger partial charge in [0.15, 0.2) is 17.5 Å². The van der Waals surface area contributed by atoms with Gasteiger partial charge in [-0.25, -0.2) is 15.0 Å². The third-order valence-electron chi connectivity index (χ3n) is 9.35. The Morgan fingerprint density at radius 1 is 0.300 bits per heavy atom. The first-order valence-electron chi connectivity index (χ1n) is 16.6. The van der Waals surface area contributed by atoms with Gasteiger partial charge in [-0.3, -0.25) is 0 Å². The lowest BCUT2D eigenvalue weighted by Gasteiger charge is -2.10. The van der Waals surface area contributed by atoms with Gasteiger partial charge in [-0.15, -0.1) is 0 Å². The molecule has 0 saturated carbocycles. The van der Waals surface area contributed by atoms with Crippen molar-refractivity contribution in [1.82, 2.24) is 15.0 Å². The molecule has 0 radical (unpaired) electrons. The Morgan fingerprint density at radius 3 is 1.64 bits per heavy atom. The number of fused-ring (bicyclic) bond motifs is 6. The average molecular weight is 642 g/mol. The van der Waals surface area contributed by atoms with Crippen molar-refractivity contribution in [2.75, 3.05) is 0 Å². The zero-order chi connectivity index (χ0) is 33.0. The molecule has 0 fully saturated rings. The van der Waals surface area contributed by atoms with E-state index in [-0.39, 0.29) is 0 Å². The number of para-hydroxylation sites is 3. The summed E-state index contributed by atoms with van der Waals surface area (Å²) < 4.78 is 13.0. The maximum Gasteiger partial charge on any atom is 0.167 e. The van der Waals surface area contributed by atoms with E-state index in [2.05, 4.69) is 66.7 Å². The molecule has 3 heterocycles. The lowest BCUT2D eigenvalue weighted by molar-refractivity contribution is 0.668. The van der Waals surface area contributed by atoms with E-state index >= 15 is 0 Å². The fraction of sp³-hybridized carbons (Fsp3) is 0. The van der Waals surface area contributed by atoms with Crippen LogP contribution in [0.15, 0.2) is 173 Å². The normalized spacial score (nSPS) is 11.6. The standard InChI is InChI=1S/C45H27N3O2/c1-3-12-28(13-4-1)30-16-9-17-32(26-30)44-46-43(29-14-5-2-6-15-29)47-45(48-44)37-22-11-21-36-38-27-31(24-25-40(38)50-42(36)37)33-19-10-20-35-34-18-7-8-23-39(34)49-41(33)35/h1-27H. The molecule has 5 nitrogen and oxygen atoms in total. The van der Waals surface area contributed by atoms with Crippen LogP contribution in [0.25, 0.3) is 100 Å². The molecule has 0 aliphatic heterocycles. The number of benzene rings is 7. The van der Waals surface area contributed by atoms with Crippen molar-refractivity contribution in [3.05, 3.63) is 164 Å². The van der Waals surface area contributed by atoms with Gasteiger partial charge in [0.05, 0.1) is 5.56 Å². The minimum atomic E-state index is 0.552. The number of hydrogen-bond donors (Lipinski definition) is 0. The highest BCUT2D eigenvalue weighted by Crippen LogP contribution is 2.40. The highest BCUT2D eigenvalue weighted by molar-refractivity contribution is 6.13. The number of hydrogen-bond acceptors (Lipinski definition) is 5. The SMILES string of the molecule is c1ccc(-c2cccc(-c3nc(-c4ccccc4)nc(-c4cccc5c4oc4ccc(-c6cccc7c6oc6ccccc67)cc45)n3)c2)cc1. The molecule has 5 heteroatoms. The monoisotopic (exact) mass is 641 g/mol. The molecular formula is C45H27N3O2. The van der Waals surface area contributed by atoms with E-state index in [0.29, 0.717) is 17.5 Å². The number of nitrogens with zero attached hydrogens (tertiary/aromatic N) is 3. The Morgan fingerprint density at radius 2 is 0.840 bits per heavy atom.